The van der Waals surface area contributed by atoms with Crippen LogP contribution in [0, 0.1) is 0 Å². The number of para-hydroxylation sites is 1. The Kier molecular flexibility index (Phi) is 4.46. The molecular formula is C19H26N2O3. The Labute approximate surface area is 143 Å². The molecule has 0 aromatic heterocycles. The highest BCUT2D eigenvalue weighted by molar-refractivity contribution is 5.77. The number of nitrogens with zero attached hydrogens (tertiary/aromatic N) is 2. The summed E-state index contributed by atoms with van der Waals surface area (Å²) in [4.78, 5) is 16.9. The van der Waals surface area contributed by atoms with E-state index in [1.165, 1.54) is 17.7 Å². The van der Waals surface area contributed by atoms with Crippen LogP contribution in [-0.2, 0) is 20.7 Å². The lowest BCUT2D eigenvalue weighted by Crippen LogP contribution is -2.48. The minimum Gasteiger partial charge on any atom is -0.371 e. The number of carbonyl (C=O) groups excluding carboxylic acids is 1. The van der Waals surface area contributed by atoms with Crippen LogP contribution in [0.3, 0.4) is 0 Å². The van der Waals surface area contributed by atoms with Gasteiger partial charge in [-0.3, -0.25) is 4.79 Å². The zero-order valence-electron chi connectivity index (χ0n) is 14.2. The summed E-state index contributed by atoms with van der Waals surface area (Å²) < 4.78 is 11.5. The fourth-order valence-electron chi connectivity index (χ4n) is 4.12. The van der Waals surface area contributed by atoms with Crippen LogP contribution in [0.5, 0.6) is 0 Å². The molecule has 0 N–H and O–H groups in total. The Morgan fingerprint density at radius 2 is 1.83 bits per heavy atom. The number of hydrogen-bond donors (Lipinski definition) is 0. The summed E-state index contributed by atoms with van der Waals surface area (Å²) in [5, 5.41) is 0. The van der Waals surface area contributed by atoms with Crippen molar-refractivity contribution in [2.45, 2.75) is 37.9 Å². The molecule has 3 heterocycles. The molecule has 0 saturated carbocycles. The summed E-state index contributed by atoms with van der Waals surface area (Å²) in [6, 6.07) is 8.57. The Balaban J connectivity index is 1.30. The molecular weight excluding hydrogens is 304 g/mol. The molecule has 1 spiro atoms. The first kappa shape index (κ1) is 15.9. The van der Waals surface area contributed by atoms with Gasteiger partial charge in [0.25, 0.3) is 0 Å². The number of ether oxygens (including phenoxy) is 2. The molecule has 3 aliphatic heterocycles. The molecule has 1 aromatic rings. The molecule has 0 radical (unpaired) electrons. The van der Waals surface area contributed by atoms with Gasteiger partial charge in [-0.25, -0.2) is 0 Å². The summed E-state index contributed by atoms with van der Waals surface area (Å²) in [5.74, 6) is -0.145. The molecule has 2 saturated heterocycles. The molecule has 1 amide bonds. The maximum Gasteiger partial charge on any atom is 0.224 e. The van der Waals surface area contributed by atoms with Crippen molar-refractivity contribution in [3.05, 3.63) is 29.8 Å². The zero-order chi connectivity index (χ0) is 16.4. The van der Waals surface area contributed by atoms with Crippen LogP contribution in [0.15, 0.2) is 24.3 Å². The van der Waals surface area contributed by atoms with E-state index < -0.39 is 5.79 Å². The van der Waals surface area contributed by atoms with Crippen LogP contribution >= 0.6 is 0 Å². The van der Waals surface area contributed by atoms with E-state index in [9.17, 15) is 4.79 Å². The topological polar surface area (TPSA) is 42.0 Å². The molecule has 0 bridgehead atoms. The van der Waals surface area contributed by atoms with Gasteiger partial charge in [0.05, 0.1) is 13.2 Å². The Morgan fingerprint density at radius 1 is 1.08 bits per heavy atom. The molecule has 2 fully saturated rings. The molecule has 0 unspecified atom stereocenters. The fourth-order valence-corrected chi connectivity index (χ4v) is 4.12. The van der Waals surface area contributed by atoms with E-state index in [4.69, 9.17) is 9.47 Å². The summed E-state index contributed by atoms with van der Waals surface area (Å²) in [6.07, 6.45) is 4.50. The number of aryl methyl sites for hydroxylation is 1. The Bertz CT molecular complexity index is 588. The van der Waals surface area contributed by atoms with Gasteiger partial charge in [-0.15, -0.1) is 0 Å². The molecule has 3 aliphatic rings. The SMILES string of the molecule is O=C(CCN1CCCc2ccccc21)N1CCC2(CC1)OCCO2. The van der Waals surface area contributed by atoms with E-state index in [0.717, 1.165) is 45.4 Å². The predicted octanol–water partition coefficient (Wildman–Crippen LogP) is 2.19. The average molecular weight is 330 g/mol. The summed E-state index contributed by atoms with van der Waals surface area (Å²) in [7, 11) is 0. The molecule has 5 nitrogen and oxygen atoms in total. The van der Waals surface area contributed by atoms with Crippen LogP contribution in [0.4, 0.5) is 5.69 Å². The first-order valence-corrected chi connectivity index (χ1v) is 9.14. The van der Waals surface area contributed by atoms with Crippen molar-refractivity contribution in [3.63, 3.8) is 0 Å². The first-order chi connectivity index (χ1) is 11.8. The highest BCUT2D eigenvalue weighted by Gasteiger charge is 2.40. The zero-order valence-corrected chi connectivity index (χ0v) is 14.2. The normalized spacial score (nSPS) is 22.7. The quantitative estimate of drug-likeness (QED) is 0.852. The first-order valence-electron chi connectivity index (χ1n) is 9.14. The van der Waals surface area contributed by atoms with Crippen LogP contribution < -0.4 is 4.90 Å². The summed E-state index contributed by atoms with van der Waals surface area (Å²) in [5.41, 5.74) is 2.72. The van der Waals surface area contributed by atoms with Crippen LogP contribution in [0.2, 0.25) is 0 Å². The van der Waals surface area contributed by atoms with Gasteiger partial charge < -0.3 is 19.3 Å². The second-order valence-electron chi connectivity index (χ2n) is 6.96. The van der Waals surface area contributed by atoms with Crippen molar-refractivity contribution in [2.24, 2.45) is 0 Å². The smallest absolute Gasteiger partial charge is 0.224 e. The minimum atomic E-state index is -0.400. The number of rotatable bonds is 3. The van der Waals surface area contributed by atoms with E-state index in [0.29, 0.717) is 19.6 Å². The van der Waals surface area contributed by atoms with Gasteiger partial charge in [-0.1, -0.05) is 18.2 Å². The number of hydrogen-bond acceptors (Lipinski definition) is 4. The van der Waals surface area contributed by atoms with E-state index in [2.05, 4.69) is 29.2 Å². The third-order valence-corrected chi connectivity index (χ3v) is 5.49. The Morgan fingerprint density at radius 3 is 2.62 bits per heavy atom. The van der Waals surface area contributed by atoms with Crippen molar-refractivity contribution in [2.75, 3.05) is 44.3 Å². The standard InChI is InChI=1S/C19H26N2O3/c22-18(21-12-8-19(9-13-21)23-14-15-24-19)7-11-20-10-3-5-16-4-1-2-6-17(16)20/h1-2,4,6H,3,5,7-15H2. The van der Waals surface area contributed by atoms with Crippen molar-refractivity contribution in [1.82, 2.24) is 4.90 Å². The molecule has 5 heteroatoms. The van der Waals surface area contributed by atoms with Crippen LogP contribution in [0.1, 0.15) is 31.2 Å². The van der Waals surface area contributed by atoms with Crippen LogP contribution in [-0.4, -0.2) is 56.0 Å². The van der Waals surface area contributed by atoms with Gasteiger partial charge in [0.15, 0.2) is 5.79 Å². The number of fused-ring (bicyclic) bond motifs is 1. The lowest BCUT2D eigenvalue weighted by molar-refractivity contribution is -0.187. The third kappa shape index (κ3) is 3.15. The maximum absolute atomic E-state index is 12.6. The second-order valence-corrected chi connectivity index (χ2v) is 6.96. The molecule has 1 aromatic carbocycles. The van der Waals surface area contributed by atoms with E-state index in [1.807, 2.05) is 4.90 Å². The third-order valence-electron chi connectivity index (χ3n) is 5.49. The highest BCUT2D eigenvalue weighted by atomic mass is 16.7. The number of amides is 1. The number of benzene rings is 1. The van der Waals surface area contributed by atoms with Gasteiger partial charge in [0, 0.05) is 51.1 Å². The van der Waals surface area contributed by atoms with Crippen molar-refractivity contribution in [1.29, 1.82) is 0 Å². The lowest BCUT2D eigenvalue weighted by Gasteiger charge is -2.38. The monoisotopic (exact) mass is 330 g/mol. The number of likely N-dealkylation sites (tertiary alicyclic amines) is 1. The fraction of sp³-hybridized carbons (Fsp3) is 0.632. The predicted molar refractivity (Wildman–Crippen MR) is 92.0 cm³/mol. The second kappa shape index (κ2) is 6.73. The van der Waals surface area contributed by atoms with E-state index >= 15 is 0 Å². The van der Waals surface area contributed by atoms with Gasteiger partial charge >= 0.3 is 0 Å². The summed E-state index contributed by atoms with van der Waals surface area (Å²) in [6.45, 7) is 4.72. The molecule has 0 aliphatic carbocycles. The largest absolute Gasteiger partial charge is 0.371 e. The molecule has 4 rings (SSSR count). The molecule has 130 valence electrons. The summed E-state index contributed by atoms with van der Waals surface area (Å²) >= 11 is 0. The average Bonchev–Trinajstić information content (AvgIpc) is 3.08. The van der Waals surface area contributed by atoms with Gasteiger partial charge in [-0.05, 0) is 24.5 Å². The van der Waals surface area contributed by atoms with Gasteiger partial charge in [0.1, 0.15) is 0 Å². The van der Waals surface area contributed by atoms with E-state index in [1.54, 1.807) is 0 Å². The highest BCUT2D eigenvalue weighted by Crippen LogP contribution is 2.31. The maximum atomic E-state index is 12.6. The molecule has 24 heavy (non-hydrogen) atoms. The minimum absolute atomic E-state index is 0.255. The number of anilines is 1. The Hall–Kier alpha value is -1.59. The number of carbonyl (C=O) groups is 1. The van der Waals surface area contributed by atoms with E-state index in [-0.39, 0.29) is 5.91 Å². The van der Waals surface area contributed by atoms with Crippen molar-refractivity contribution < 1.29 is 14.3 Å². The number of piperidine rings is 1. The molecule has 0 atom stereocenters. The van der Waals surface area contributed by atoms with Crippen molar-refractivity contribution >= 4 is 11.6 Å². The van der Waals surface area contributed by atoms with Gasteiger partial charge in [0.2, 0.25) is 5.91 Å². The van der Waals surface area contributed by atoms with Gasteiger partial charge in [-0.2, -0.15) is 0 Å². The van der Waals surface area contributed by atoms with Crippen molar-refractivity contribution in [3.8, 4) is 0 Å². The lowest BCUT2D eigenvalue weighted by atomic mass is 10.0. The van der Waals surface area contributed by atoms with Crippen LogP contribution in [0.25, 0.3) is 0 Å².